The van der Waals surface area contributed by atoms with Gasteiger partial charge in [0.25, 0.3) is 0 Å². The van der Waals surface area contributed by atoms with E-state index >= 15 is 0 Å². The number of hydrogen-bond acceptors (Lipinski definition) is 1. The second-order valence-corrected chi connectivity index (χ2v) is 2.01. The summed E-state index contributed by atoms with van der Waals surface area (Å²) in [4.78, 5) is 0. The Morgan fingerprint density at radius 3 is 2.57 bits per heavy atom. The highest BCUT2D eigenvalue weighted by Gasteiger charge is 2.23. The van der Waals surface area contributed by atoms with Crippen LogP contribution in [0.25, 0.3) is 0 Å². The van der Waals surface area contributed by atoms with Crippen LogP contribution >= 0.6 is 0 Å². The molecule has 2 atom stereocenters. The van der Waals surface area contributed by atoms with Gasteiger partial charge < -0.3 is 4.74 Å². The minimum Gasteiger partial charge on any atom is -0.373 e. The fourth-order valence-electron chi connectivity index (χ4n) is 0.700. The molecule has 0 bridgehead atoms. The van der Waals surface area contributed by atoms with Crippen molar-refractivity contribution in [2.75, 3.05) is 6.61 Å². The lowest BCUT2D eigenvalue weighted by atomic mass is 10.0. The molecular weight excluding hydrogens is 88.1 g/mol. The van der Waals surface area contributed by atoms with Crippen molar-refractivity contribution in [2.24, 2.45) is 5.92 Å². The van der Waals surface area contributed by atoms with Gasteiger partial charge in [-0.15, -0.1) is 6.58 Å². The fraction of sp³-hybridized carbons (Fsp3) is 0.667. The molecule has 1 heterocycles. The summed E-state index contributed by atoms with van der Waals surface area (Å²) in [5, 5.41) is 0. The predicted octanol–water partition coefficient (Wildman–Crippen LogP) is 1.21. The van der Waals surface area contributed by atoms with Crippen LogP contribution in [0.4, 0.5) is 0 Å². The van der Waals surface area contributed by atoms with Crippen LogP contribution in [0.2, 0.25) is 0 Å². The van der Waals surface area contributed by atoms with Gasteiger partial charge in [-0.1, -0.05) is 13.0 Å². The Morgan fingerprint density at radius 1 is 1.86 bits per heavy atom. The van der Waals surface area contributed by atoms with E-state index < -0.39 is 0 Å². The number of ether oxygens (including phenoxy) is 1. The van der Waals surface area contributed by atoms with E-state index in [4.69, 9.17) is 4.74 Å². The van der Waals surface area contributed by atoms with Gasteiger partial charge in [0.15, 0.2) is 0 Å². The quantitative estimate of drug-likeness (QED) is 0.448. The van der Waals surface area contributed by atoms with E-state index in [1.54, 1.807) is 0 Å². The zero-order valence-corrected chi connectivity index (χ0v) is 4.55. The maximum absolute atomic E-state index is 5.07. The zero-order chi connectivity index (χ0) is 5.28. The third-order valence-electron chi connectivity index (χ3n) is 1.34. The van der Waals surface area contributed by atoms with Crippen LogP contribution in [0.5, 0.6) is 0 Å². The largest absolute Gasteiger partial charge is 0.373 e. The van der Waals surface area contributed by atoms with Gasteiger partial charge in [-0.25, -0.2) is 0 Å². The minimum absolute atomic E-state index is 0.347. The van der Waals surface area contributed by atoms with Crippen LogP contribution in [0, 0.1) is 5.92 Å². The second kappa shape index (κ2) is 1.66. The molecule has 2 unspecified atom stereocenters. The van der Waals surface area contributed by atoms with Crippen molar-refractivity contribution in [3.05, 3.63) is 12.7 Å². The summed E-state index contributed by atoms with van der Waals surface area (Å²) in [6, 6.07) is 0. The summed E-state index contributed by atoms with van der Waals surface area (Å²) in [6.45, 7) is 6.68. The van der Waals surface area contributed by atoms with Gasteiger partial charge in [0.05, 0.1) is 12.7 Å². The molecule has 0 aliphatic carbocycles. The van der Waals surface area contributed by atoms with Crippen LogP contribution < -0.4 is 0 Å². The summed E-state index contributed by atoms with van der Waals surface area (Å²) in [7, 11) is 0. The van der Waals surface area contributed by atoms with Crippen LogP contribution in [-0.2, 0) is 4.74 Å². The molecule has 1 aliphatic rings. The Bertz CT molecular complexity index is 78.2. The Balaban J connectivity index is 2.28. The van der Waals surface area contributed by atoms with E-state index in [1.807, 2.05) is 6.08 Å². The normalized spacial score (nSPS) is 39.6. The SMILES string of the molecule is C=CC1OCC1C. The highest BCUT2D eigenvalue weighted by molar-refractivity contribution is 4.89. The fourth-order valence-corrected chi connectivity index (χ4v) is 0.700. The molecule has 0 N–H and O–H groups in total. The Hall–Kier alpha value is -0.300. The first-order valence-corrected chi connectivity index (χ1v) is 2.58. The topological polar surface area (TPSA) is 9.23 Å². The average molecular weight is 98.1 g/mol. The average Bonchev–Trinajstić information content (AvgIpc) is 1.65. The van der Waals surface area contributed by atoms with E-state index in [1.165, 1.54) is 0 Å². The van der Waals surface area contributed by atoms with Crippen molar-refractivity contribution >= 4 is 0 Å². The molecule has 0 saturated carbocycles. The van der Waals surface area contributed by atoms with Crippen molar-refractivity contribution in [3.63, 3.8) is 0 Å². The first-order chi connectivity index (χ1) is 3.34. The standard InChI is InChI=1S/C6H10O/c1-3-6-5(2)4-7-6/h3,5-6H,1,4H2,2H3. The summed E-state index contributed by atoms with van der Waals surface area (Å²) < 4.78 is 5.07. The van der Waals surface area contributed by atoms with Crippen molar-refractivity contribution < 1.29 is 4.74 Å². The molecule has 7 heavy (non-hydrogen) atoms. The highest BCUT2D eigenvalue weighted by Crippen LogP contribution is 2.19. The molecule has 0 spiro atoms. The third kappa shape index (κ3) is 0.682. The van der Waals surface area contributed by atoms with Crippen LogP contribution in [0.1, 0.15) is 6.92 Å². The van der Waals surface area contributed by atoms with Gasteiger partial charge in [0, 0.05) is 5.92 Å². The molecule has 1 aliphatic heterocycles. The van der Waals surface area contributed by atoms with Crippen molar-refractivity contribution in [1.82, 2.24) is 0 Å². The summed E-state index contributed by atoms with van der Waals surface area (Å²) in [6.07, 6.45) is 2.20. The molecule has 1 fully saturated rings. The Labute approximate surface area is 44.0 Å². The number of hydrogen-bond donors (Lipinski definition) is 0. The maximum atomic E-state index is 5.07. The smallest absolute Gasteiger partial charge is 0.0800 e. The summed E-state index contributed by atoms with van der Waals surface area (Å²) in [5.74, 6) is 0.706. The van der Waals surface area contributed by atoms with Crippen molar-refractivity contribution in [1.29, 1.82) is 0 Å². The zero-order valence-electron chi connectivity index (χ0n) is 4.55. The molecule has 1 saturated heterocycles. The van der Waals surface area contributed by atoms with Gasteiger partial charge in [0.2, 0.25) is 0 Å². The minimum atomic E-state index is 0.347. The molecule has 0 aromatic carbocycles. The number of rotatable bonds is 1. The molecule has 1 heteroatoms. The lowest BCUT2D eigenvalue weighted by Gasteiger charge is -2.31. The Kier molecular flexibility index (Phi) is 1.15. The second-order valence-electron chi connectivity index (χ2n) is 2.01. The van der Waals surface area contributed by atoms with Gasteiger partial charge >= 0.3 is 0 Å². The highest BCUT2D eigenvalue weighted by atomic mass is 16.5. The molecule has 0 amide bonds. The van der Waals surface area contributed by atoms with Gasteiger partial charge in [-0.3, -0.25) is 0 Å². The van der Waals surface area contributed by atoms with Gasteiger partial charge in [-0.2, -0.15) is 0 Å². The monoisotopic (exact) mass is 98.1 g/mol. The maximum Gasteiger partial charge on any atom is 0.0800 e. The van der Waals surface area contributed by atoms with Gasteiger partial charge in [-0.05, 0) is 0 Å². The van der Waals surface area contributed by atoms with E-state index in [0.29, 0.717) is 12.0 Å². The first kappa shape index (κ1) is 4.85. The molecule has 1 rings (SSSR count). The van der Waals surface area contributed by atoms with E-state index in [-0.39, 0.29) is 0 Å². The third-order valence-corrected chi connectivity index (χ3v) is 1.34. The molecule has 0 aromatic heterocycles. The van der Waals surface area contributed by atoms with Crippen molar-refractivity contribution in [3.8, 4) is 0 Å². The lowest BCUT2D eigenvalue weighted by Crippen LogP contribution is -2.35. The van der Waals surface area contributed by atoms with E-state index in [2.05, 4.69) is 13.5 Å². The van der Waals surface area contributed by atoms with Crippen molar-refractivity contribution in [2.45, 2.75) is 13.0 Å². The predicted molar refractivity (Wildman–Crippen MR) is 29.1 cm³/mol. The summed E-state index contributed by atoms with van der Waals surface area (Å²) >= 11 is 0. The van der Waals surface area contributed by atoms with E-state index in [9.17, 15) is 0 Å². The molecule has 0 radical (unpaired) electrons. The van der Waals surface area contributed by atoms with Crippen LogP contribution in [0.15, 0.2) is 12.7 Å². The molecule has 40 valence electrons. The first-order valence-electron chi connectivity index (χ1n) is 2.58. The molecule has 0 aromatic rings. The summed E-state index contributed by atoms with van der Waals surface area (Å²) in [5.41, 5.74) is 0. The van der Waals surface area contributed by atoms with Crippen LogP contribution in [-0.4, -0.2) is 12.7 Å². The molecule has 1 nitrogen and oxygen atoms in total. The Morgan fingerprint density at radius 2 is 2.57 bits per heavy atom. The lowest BCUT2D eigenvalue weighted by molar-refractivity contribution is -0.0755. The molecular formula is C6H10O. The van der Waals surface area contributed by atoms with Crippen LogP contribution in [0.3, 0.4) is 0 Å². The van der Waals surface area contributed by atoms with E-state index in [0.717, 1.165) is 6.61 Å². The van der Waals surface area contributed by atoms with Gasteiger partial charge in [0.1, 0.15) is 0 Å².